The van der Waals surface area contributed by atoms with Gasteiger partial charge in [0, 0.05) is 11.4 Å². The molecule has 0 radical (unpaired) electrons. The Labute approximate surface area is 158 Å². The maximum absolute atomic E-state index is 6.20. The first-order valence-electron chi connectivity index (χ1n) is 9.41. The van der Waals surface area contributed by atoms with Crippen molar-refractivity contribution < 1.29 is 4.42 Å². The number of aromatic nitrogens is 4. The van der Waals surface area contributed by atoms with Gasteiger partial charge in [0.25, 0.3) is 0 Å². The second kappa shape index (κ2) is 7.84. The van der Waals surface area contributed by atoms with Gasteiger partial charge in [-0.25, -0.2) is 9.97 Å². The molecule has 0 saturated carbocycles. The molecular formula is C20H24N6O. The quantitative estimate of drug-likeness (QED) is 0.693. The SMILES string of the molecule is Cc1nc(CNc2nnc([C@H](N)Cc3ccccc3)o2)nc2c1CCCC2. The molecule has 1 aliphatic carbocycles. The first-order chi connectivity index (χ1) is 13.2. The van der Waals surface area contributed by atoms with Crippen LogP contribution in [0.5, 0.6) is 0 Å². The van der Waals surface area contributed by atoms with Crippen LogP contribution in [0.25, 0.3) is 0 Å². The summed E-state index contributed by atoms with van der Waals surface area (Å²) in [4.78, 5) is 9.31. The lowest BCUT2D eigenvalue weighted by molar-refractivity contribution is 0.456. The maximum Gasteiger partial charge on any atom is 0.315 e. The van der Waals surface area contributed by atoms with Crippen LogP contribution in [0, 0.1) is 6.92 Å². The summed E-state index contributed by atoms with van der Waals surface area (Å²) in [6.45, 7) is 2.51. The summed E-state index contributed by atoms with van der Waals surface area (Å²) in [6, 6.07) is 10.0. The van der Waals surface area contributed by atoms with Crippen LogP contribution in [0.4, 0.5) is 6.01 Å². The molecule has 140 valence electrons. The third kappa shape index (κ3) is 4.14. The number of nitrogens with one attached hydrogen (secondary N) is 1. The molecule has 27 heavy (non-hydrogen) atoms. The molecule has 2 heterocycles. The molecule has 7 heteroatoms. The van der Waals surface area contributed by atoms with E-state index in [9.17, 15) is 0 Å². The van der Waals surface area contributed by atoms with Crippen LogP contribution < -0.4 is 11.1 Å². The van der Waals surface area contributed by atoms with Crippen LogP contribution in [-0.2, 0) is 25.8 Å². The summed E-state index contributed by atoms with van der Waals surface area (Å²) < 4.78 is 5.67. The highest BCUT2D eigenvalue weighted by Crippen LogP contribution is 2.22. The molecule has 1 atom stereocenters. The van der Waals surface area contributed by atoms with E-state index in [1.54, 1.807) is 0 Å². The van der Waals surface area contributed by atoms with Crippen molar-refractivity contribution in [1.82, 2.24) is 20.2 Å². The van der Waals surface area contributed by atoms with Gasteiger partial charge in [-0.15, -0.1) is 5.10 Å². The first-order valence-corrected chi connectivity index (χ1v) is 9.41. The van der Waals surface area contributed by atoms with Crippen LogP contribution in [0.1, 0.15) is 53.1 Å². The first kappa shape index (κ1) is 17.6. The van der Waals surface area contributed by atoms with Gasteiger partial charge in [0.1, 0.15) is 5.82 Å². The number of nitrogens with zero attached hydrogens (tertiary/aromatic N) is 4. The molecule has 3 N–H and O–H groups in total. The topological polar surface area (TPSA) is 103 Å². The summed E-state index contributed by atoms with van der Waals surface area (Å²) in [6.07, 6.45) is 5.19. The summed E-state index contributed by atoms with van der Waals surface area (Å²) >= 11 is 0. The summed E-state index contributed by atoms with van der Waals surface area (Å²) in [5, 5.41) is 11.2. The van der Waals surface area contributed by atoms with Gasteiger partial charge in [-0.2, -0.15) is 0 Å². The second-order valence-electron chi connectivity index (χ2n) is 6.95. The zero-order chi connectivity index (χ0) is 18.6. The molecule has 7 nitrogen and oxygen atoms in total. The highest BCUT2D eigenvalue weighted by molar-refractivity contribution is 5.28. The second-order valence-corrected chi connectivity index (χ2v) is 6.95. The molecule has 4 rings (SSSR count). The predicted octanol–water partition coefficient (Wildman–Crippen LogP) is 2.90. The Morgan fingerprint density at radius 1 is 1.11 bits per heavy atom. The van der Waals surface area contributed by atoms with E-state index in [0.29, 0.717) is 24.9 Å². The smallest absolute Gasteiger partial charge is 0.315 e. The molecule has 1 aromatic carbocycles. The summed E-state index contributed by atoms with van der Waals surface area (Å²) in [5.41, 5.74) is 10.9. The van der Waals surface area contributed by atoms with Crippen molar-refractivity contribution in [2.24, 2.45) is 5.73 Å². The van der Waals surface area contributed by atoms with Crippen molar-refractivity contribution in [2.75, 3.05) is 5.32 Å². The molecule has 0 saturated heterocycles. The van der Waals surface area contributed by atoms with Gasteiger partial charge >= 0.3 is 6.01 Å². The third-order valence-electron chi connectivity index (χ3n) is 4.89. The van der Waals surface area contributed by atoms with Crippen LogP contribution in [0.15, 0.2) is 34.7 Å². The van der Waals surface area contributed by atoms with E-state index < -0.39 is 0 Å². The third-order valence-corrected chi connectivity index (χ3v) is 4.89. The van der Waals surface area contributed by atoms with Crippen molar-refractivity contribution in [1.29, 1.82) is 0 Å². The number of benzene rings is 1. The van der Waals surface area contributed by atoms with Crippen LogP contribution in [0.3, 0.4) is 0 Å². The van der Waals surface area contributed by atoms with Gasteiger partial charge < -0.3 is 15.5 Å². The van der Waals surface area contributed by atoms with Gasteiger partial charge in [0.2, 0.25) is 5.89 Å². The number of hydrogen-bond acceptors (Lipinski definition) is 7. The molecule has 0 amide bonds. The Bertz CT molecular complexity index is 908. The van der Waals surface area contributed by atoms with E-state index in [2.05, 4.69) is 27.4 Å². The number of nitrogens with two attached hydrogens (primary N) is 1. The minimum absolute atomic E-state index is 0.335. The number of hydrogen-bond donors (Lipinski definition) is 2. The average molecular weight is 364 g/mol. The van der Waals surface area contributed by atoms with Crippen molar-refractivity contribution in [3.63, 3.8) is 0 Å². The zero-order valence-corrected chi connectivity index (χ0v) is 15.5. The van der Waals surface area contributed by atoms with E-state index in [0.717, 1.165) is 29.9 Å². The van der Waals surface area contributed by atoms with E-state index in [-0.39, 0.29) is 6.04 Å². The van der Waals surface area contributed by atoms with Gasteiger partial charge in [-0.1, -0.05) is 35.4 Å². The predicted molar refractivity (Wildman–Crippen MR) is 102 cm³/mol. The molecule has 1 aliphatic rings. The summed E-state index contributed by atoms with van der Waals surface area (Å²) in [5.74, 6) is 1.17. The van der Waals surface area contributed by atoms with Gasteiger partial charge in [-0.3, -0.25) is 0 Å². The average Bonchev–Trinajstić information content (AvgIpc) is 3.17. The largest absolute Gasteiger partial charge is 0.406 e. The van der Waals surface area contributed by atoms with E-state index in [1.165, 1.54) is 24.1 Å². The van der Waals surface area contributed by atoms with Crippen LogP contribution in [0.2, 0.25) is 0 Å². The Hall–Kier alpha value is -2.80. The number of rotatable bonds is 6. The molecule has 2 aromatic heterocycles. The van der Waals surface area contributed by atoms with Crippen molar-refractivity contribution in [2.45, 2.75) is 51.6 Å². The fourth-order valence-corrected chi connectivity index (χ4v) is 3.49. The maximum atomic E-state index is 6.20. The van der Waals surface area contributed by atoms with Gasteiger partial charge in [0.15, 0.2) is 0 Å². The summed E-state index contributed by atoms with van der Waals surface area (Å²) in [7, 11) is 0. The zero-order valence-electron chi connectivity index (χ0n) is 15.5. The van der Waals surface area contributed by atoms with Crippen molar-refractivity contribution in [3.05, 3.63) is 64.6 Å². The molecule has 0 aliphatic heterocycles. The highest BCUT2D eigenvalue weighted by Gasteiger charge is 2.17. The van der Waals surface area contributed by atoms with Crippen molar-refractivity contribution in [3.8, 4) is 0 Å². The van der Waals surface area contributed by atoms with Gasteiger partial charge in [0.05, 0.1) is 12.6 Å². The van der Waals surface area contributed by atoms with E-state index in [4.69, 9.17) is 15.1 Å². The number of anilines is 1. The van der Waals surface area contributed by atoms with Gasteiger partial charge in [-0.05, 0) is 50.2 Å². The molecular weight excluding hydrogens is 340 g/mol. The molecule has 0 bridgehead atoms. The Balaban J connectivity index is 1.39. The van der Waals surface area contributed by atoms with E-state index in [1.807, 2.05) is 30.3 Å². The Kier molecular flexibility index (Phi) is 5.11. The fraction of sp³-hybridized carbons (Fsp3) is 0.400. The Morgan fingerprint density at radius 2 is 1.93 bits per heavy atom. The number of aryl methyl sites for hydroxylation is 2. The monoisotopic (exact) mass is 364 g/mol. The lowest BCUT2D eigenvalue weighted by Gasteiger charge is -2.17. The van der Waals surface area contributed by atoms with Crippen LogP contribution in [-0.4, -0.2) is 20.2 Å². The van der Waals surface area contributed by atoms with Crippen LogP contribution >= 0.6 is 0 Å². The highest BCUT2D eigenvalue weighted by atomic mass is 16.4. The minimum Gasteiger partial charge on any atom is -0.406 e. The molecule has 0 fully saturated rings. The fourth-order valence-electron chi connectivity index (χ4n) is 3.49. The molecule has 0 unspecified atom stereocenters. The molecule has 3 aromatic rings. The normalized spacial score (nSPS) is 14.6. The number of fused-ring (bicyclic) bond motifs is 1. The minimum atomic E-state index is -0.335. The van der Waals surface area contributed by atoms with E-state index >= 15 is 0 Å². The Morgan fingerprint density at radius 3 is 2.78 bits per heavy atom. The molecule has 0 spiro atoms. The lowest BCUT2D eigenvalue weighted by atomic mass is 9.95. The van der Waals surface area contributed by atoms with Crippen molar-refractivity contribution >= 4 is 6.01 Å². The lowest BCUT2D eigenvalue weighted by Crippen LogP contribution is -2.14. The standard InChI is InChI=1S/C20H24N6O/c1-13-15-9-5-6-10-17(15)24-18(23-13)12-22-20-26-25-19(27-20)16(21)11-14-7-3-2-4-8-14/h2-4,7-8,16H,5-6,9-12,21H2,1H3,(H,22,26)/t16-/m1/s1.